The summed E-state index contributed by atoms with van der Waals surface area (Å²) in [6, 6.07) is 5.45. The van der Waals surface area contributed by atoms with Crippen LogP contribution in [-0.4, -0.2) is 24.5 Å². The lowest BCUT2D eigenvalue weighted by Crippen LogP contribution is -2.33. The third kappa shape index (κ3) is 2.16. The minimum atomic E-state index is -0.571. The van der Waals surface area contributed by atoms with E-state index >= 15 is 0 Å². The molecule has 2 amide bonds. The number of amides is 2. The summed E-state index contributed by atoms with van der Waals surface area (Å²) in [6.45, 7) is 3.85. The Morgan fingerprint density at radius 2 is 2.11 bits per heavy atom. The lowest BCUT2D eigenvalue weighted by molar-refractivity contribution is -0.117. The molecule has 0 fully saturated rings. The zero-order valence-corrected chi connectivity index (χ0v) is 10.4. The van der Waals surface area contributed by atoms with Crippen LogP contribution in [-0.2, 0) is 4.79 Å². The van der Waals surface area contributed by atoms with Crippen molar-refractivity contribution in [2.75, 3.05) is 6.54 Å². The van der Waals surface area contributed by atoms with Gasteiger partial charge in [-0.25, -0.2) is 0 Å². The van der Waals surface area contributed by atoms with Crippen molar-refractivity contribution in [1.82, 2.24) is 5.32 Å². The van der Waals surface area contributed by atoms with Gasteiger partial charge in [-0.15, -0.1) is 0 Å². The SMILES string of the molecule is CC1Oc2c(C(=O)NCC(N)=O)cccc2C1C. The summed E-state index contributed by atoms with van der Waals surface area (Å²) in [6.07, 6.45) is 0.0464. The quantitative estimate of drug-likeness (QED) is 0.829. The number of primary amides is 1. The minimum Gasteiger partial charge on any atom is -0.489 e. The first-order chi connectivity index (χ1) is 8.50. The molecule has 2 unspecified atom stereocenters. The van der Waals surface area contributed by atoms with E-state index in [1.807, 2.05) is 19.1 Å². The summed E-state index contributed by atoms with van der Waals surface area (Å²) >= 11 is 0. The molecule has 0 radical (unpaired) electrons. The number of carbonyl (C=O) groups excluding carboxylic acids is 2. The third-order valence-electron chi connectivity index (χ3n) is 3.21. The number of benzene rings is 1. The highest BCUT2D eigenvalue weighted by Gasteiger charge is 2.30. The molecule has 0 bridgehead atoms. The van der Waals surface area contributed by atoms with Crippen molar-refractivity contribution < 1.29 is 14.3 Å². The topological polar surface area (TPSA) is 81.4 Å². The minimum absolute atomic E-state index is 0.0464. The van der Waals surface area contributed by atoms with Gasteiger partial charge in [-0.3, -0.25) is 9.59 Å². The molecule has 18 heavy (non-hydrogen) atoms. The van der Waals surface area contributed by atoms with E-state index in [9.17, 15) is 9.59 Å². The largest absolute Gasteiger partial charge is 0.489 e. The second kappa shape index (κ2) is 4.68. The average molecular weight is 248 g/mol. The molecule has 2 atom stereocenters. The van der Waals surface area contributed by atoms with Crippen LogP contribution in [0.1, 0.15) is 35.7 Å². The van der Waals surface area contributed by atoms with Crippen LogP contribution in [0.2, 0.25) is 0 Å². The monoisotopic (exact) mass is 248 g/mol. The molecule has 0 spiro atoms. The van der Waals surface area contributed by atoms with Gasteiger partial charge < -0.3 is 15.8 Å². The Morgan fingerprint density at radius 1 is 1.39 bits per heavy atom. The Balaban J connectivity index is 2.26. The van der Waals surface area contributed by atoms with Gasteiger partial charge in [0.25, 0.3) is 5.91 Å². The lowest BCUT2D eigenvalue weighted by atomic mass is 9.97. The second-order valence-electron chi connectivity index (χ2n) is 4.48. The first kappa shape index (κ1) is 12.4. The van der Waals surface area contributed by atoms with Gasteiger partial charge in [0.15, 0.2) is 0 Å². The predicted molar refractivity (Wildman–Crippen MR) is 66.5 cm³/mol. The molecule has 1 aliphatic heterocycles. The summed E-state index contributed by atoms with van der Waals surface area (Å²) in [5, 5.41) is 2.46. The fourth-order valence-corrected chi connectivity index (χ4v) is 2.03. The van der Waals surface area contributed by atoms with Crippen molar-refractivity contribution >= 4 is 11.8 Å². The zero-order chi connectivity index (χ0) is 13.3. The van der Waals surface area contributed by atoms with Crippen LogP contribution in [0.3, 0.4) is 0 Å². The summed E-state index contributed by atoms with van der Waals surface area (Å²) in [7, 11) is 0. The molecule has 5 heteroatoms. The number of rotatable bonds is 3. The standard InChI is InChI=1S/C13H16N2O3/c1-7-8(2)18-12-9(7)4-3-5-10(12)13(17)15-6-11(14)16/h3-5,7-8H,6H2,1-2H3,(H2,14,16)(H,15,17). The van der Waals surface area contributed by atoms with E-state index in [4.69, 9.17) is 10.5 Å². The molecule has 0 saturated carbocycles. The van der Waals surface area contributed by atoms with Gasteiger partial charge in [0, 0.05) is 11.5 Å². The average Bonchev–Trinajstić information content (AvgIpc) is 2.62. The van der Waals surface area contributed by atoms with E-state index in [0.717, 1.165) is 5.56 Å². The van der Waals surface area contributed by atoms with Crippen molar-refractivity contribution in [1.29, 1.82) is 0 Å². The first-order valence-electron chi connectivity index (χ1n) is 5.86. The van der Waals surface area contributed by atoms with E-state index in [1.54, 1.807) is 6.07 Å². The van der Waals surface area contributed by atoms with Crippen LogP contribution in [0.15, 0.2) is 18.2 Å². The van der Waals surface area contributed by atoms with Gasteiger partial charge in [0.1, 0.15) is 11.9 Å². The number of hydrogen-bond acceptors (Lipinski definition) is 3. The van der Waals surface area contributed by atoms with Crippen LogP contribution >= 0.6 is 0 Å². The number of fused-ring (bicyclic) bond motifs is 1. The third-order valence-corrected chi connectivity index (χ3v) is 3.21. The Labute approximate surface area is 105 Å². The van der Waals surface area contributed by atoms with Crippen LogP contribution in [0.5, 0.6) is 5.75 Å². The van der Waals surface area contributed by atoms with E-state index in [0.29, 0.717) is 11.3 Å². The molecule has 0 aliphatic carbocycles. The van der Waals surface area contributed by atoms with Crippen LogP contribution < -0.4 is 15.8 Å². The molecule has 0 aromatic heterocycles. The summed E-state index contributed by atoms with van der Waals surface area (Å²) in [5.41, 5.74) is 6.46. The Morgan fingerprint density at radius 3 is 2.78 bits per heavy atom. The first-order valence-corrected chi connectivity index (χ1v) is 5.86. The van der Waals surface area contributed by atoms with Gasteiger partial charge in [0.2, 0.25) is 5.91 Å². The second-order valence-corrected chi connectivity index (χ2v) is 4.48. The highest BCUT2D eigenvalue weighted by Crippen LogP contribution is 2.40. The Bertz CT molecular complexity index is 499. The number of nitrogens with two attached hydrogens (primary N) is 1. The fraction of sp³-hybridized carbons (Fsp3) is 0.385. The van der Waals surface area contributed by atoms with E-state index in [2.05, 4.69) is 12.2 Å². The predicted octanol–water partition coefficient (Wildman–Crippen LogP) is 0.786. The van der Waals surface area contributed by atoms with Crippen LogP contribution in [0, 0.1) is 0 Å². The van der Waals surface area contributed by atoms with Crippen molar-refractivity contribution in [3.8, 4) is 5.75 Å². The number of carbonyl (C=O) groups is 2. The molecule has 1 aromatic rings. The summed E-state index contributed by atoms with van der Waals surface area (Å²) in [5.74, 6) is -0.0473. The molecule has 5 nitrogen and oxygen atoms in total. The van der Waals surface area contributed by atoms with Gasteiger partial charge in [-0.05, 0) is 13.0 Å². The van der Waals surface area contributed by atoms with E-state index < -0.39 is 5.91 Å². The highest BCUT2D eigenvalue weighted by molar-refractivity contribution is 5.99. The summed E-state index contributed by atoms with van der Waals surface area (Å²) < 4.78 is 5.70. The zero-order valence-electron chi connectivity index (χ0n) is 10.4. The molecular formula is C13H16N2O3. The number of hydrogen-bond donors (Lipinski definition) is 2. The van der Waals surface area contributed by atoms with Crippen LogP contribution in [0.25, 0.3) is 0 Å². The van der Waals surface area contributed by atoms with Gasteiger partial charge in [-0.1, -0.05) is 19.1 Å². The summed E-state index contributed by atoms with van der Waals surface area (Å²) in [4.78, 5) is 22.6. The maximum atomic E-state index is 11.9. The molecule has 2 rings (SSSR count). The molecule has 0 saturated heterocycles. The molecule has 1 aromatic carbocycles. The van der Waals surface area contributed by atoms with Gasteiger partial charge in [-0.2, -0.15) is 0 Å². The molecule has 1 heterocycles. The molecule has 1 aliphatic rings. The Kier molecular flexibility index (Phi) is 3.23. The van der Waals surface area contributed by atoms with Gasteiger partial charge in [0.05, 0.1) is 12.1 Å². The lowest BCUT2D eigenvalue weighted by Gasteiger charge is -2.09. The van der Waals surface area contributed by atoms with Crippen molar-refractivity contribution in [3.05, 3.63) is 29.3 Å². The molecule has 3 N–H and O–H groups in total. The Hall–Kier alpha value is -2.04. The highest BCUT2D eigenvalue weighted by atomic mass is 16.5. The van der Waals surface area contributed by atoms with Crippen molar-refractivity contribution in [3.63, 3.8) is 0 Å². The molecular weight excluding hydrogens is 232 g/mol. The maximum absolute atomic E-state index is 11.9. The van der Waals surface area contributed by atoms with E-state index in [-0.39, 0.29) is 24.5 Å². The number of ether oxygens (including phenoxy) is 1. The molecule has 96 valence electrons. The van der Waals surface area contributed by atoms with Gasteiger partial charge >= 0.3 is 0 Å². The van der Waals surface area contributed by atoms with Crippen molar-refractivity contribution in [2.45, 2.75) is 25.9 Å². The van der Waals surface area contributed by atoms with Crippen LogP contribution in [0.4, 0.5) is 0 Å². The number of para-hydroxylation sites is 1. The maximum Gasteiger partial charge on any atom is 0.255 e. The van der Waals surface area contributed by atoms with Crippen molar-refractivity contribution in [2.24, 2.45) is 5.73 Å². The van der Waals surface area contributed by atoms with E-state index in [1.165, 1.54) is 0 Å². The normalized spacial score (nSPS) is 21.0. The number of nitrogens with one attached hydrogen (secondary N) is 1. The smallest absolute Gasteiger partial charge is 0.255 e. The fourth-order valence-electron chi connectivity index (χ4n) is 2.03.